The van der Waals surface area contributed by atoms with Crippen LogP contribution in [0.5, 0.6) is 0 Å². The molecule has 1 heterocycles. The molecule has 0 radical (unpaired) electrons. The summed E-state index contributed by atoms with van der Waals surface area (Å²) >= 11 is 0. The summed E-state index contributed by atoms with van der Waals surface area (Å²) in [5, 5.41) is 3.11. The van der Waals surface area contributed by atoms with E-state index in [0.29, 0.717) is 27.5 Å². The predicted molar refractivity (Wildman–Crippen MR) is 228 cm³/mol. The summed E-state index contributed by atoms with van der Waals surface area (Å²) in [5.41, 5.74) is 7.77. The van der Waals surface area contributed by atoms with Gasteiger partial charge in [0.15, 0.2) is 0 Å². The standard InChI is InChI=1S/C52H35NO/c1-4-14-36(15-5-1)38-26-28-40(29-27-38)45-24-13-25-50-51(45)49-35-48(46-22-10-11-23-47(46)52(49)54-50)41-18-12-21-44(34-41)53(42-19-8-3-9-20-42)43-32-30-39(31-33-43)37-16-6-2-7-17-37/h1-35H/i1D,4D,5D,14D,15D,26D,27D,28D,29D. The van der Waals surface area contributed by atoms with Crippen LogP contribution in [-0.4, -0.2) is 0 Å². The molecule has 0 aliphatic heterocycles. The Bertz CT molecular complexity index is 3380. The maximum absolute atomic E-state index is 9.28. The Kier molecular flexibility index (Phi) is 5.82. The molecule has 1 aromatic heterocycles. The number of benzene rings is 9. The lowest BCUT2D eigenvalue weighted by Crippen LogP contribution is -2.09. The van der Waals surface area contributed by atoms with E-state index in [2.05, 4.69) is 83.8 Å². The van der Waals surface area contributed by atoms with Crippen LogP contribution in [0.3, 0.4) is 0 Å². The lowest BCUT2D eigenvalue weighted by atomic mass is 9.92. The molecule has 0 spiro atoms. The summed E-state index contributed by atoms with van der Waals surface area (Å²) in [5.74, 6) is 0. The van der Waals surface area contributed by atoms with Crippen LogP contribution in [0.4, 0.5) is 17.1 Å². The highest BCUT2D eigenvalue weighted by atomic mass is 16.3. The Morgan fingerprint density at radius 1 is 0.370 bits per heavy atom. The molecule has 0 atom stereocenters. The lowest BCUT2D eigenvalue weighted by molar-refractivity contribution is 0.673. The van der Waals surface area contributed by atoms with Crippen LogP contribution >= 0.6 is 0 Å². The van der Waals surface area contributed by atoms with Crippen molar-refractivity contribution in [3.63, 3.8) is 0 Å². The molecular weight excluding hydrogens is 655 g/mol. The van der Waals surface area contributed by atoms with E-state index in [1.807, 2.05) is 66.7 Å². The van der Waals surface area contributed by atoms with E-state index in [0.717, 1.165) is 50.1 Å². The fraction of sp³-hybridized carbons (Fsp3) is 0. The van der Waals surface area contributed by atoms with Crippen molar-refractivity contribution in [2.45, 2.75) is 0 Å². The van der Waals surface area contributed by atoms with E-state index in [4.69, 9.17) is 14.0 Å². The van der Waals surface area contributed by atoms with Gasteiger partial charge in [0, 0.05) is 33.2 Å². The van der Waals surface area contributed by atoms with Crippen LogP contribution in [0, 0.1) is 0 Å². The van der Waals surface area contributed by atoms with Crippen LogP contribution in [0.15, 0.2) is 217 Å². The van der Waals surface area contributed by atoms with E-state index in [-0.39, 0.29) is 16.7 Å². The molecule has 0 amide bonds. The largest absolute Gasteiger partial charge is 0.455 e. The SMILES string of the molecule is [2H]c1c([2H])c([2H])c(-c2c([2H])c([2H])c(-c3cccc4oc5c6ccccc6c(-c6cccc(N(c7ccccc7)c7ccc(-c8ccccc8)cc7)c6)cc5c34)c([2H])c2[2H])c([2H])c1[2H]. The van der Waals surface area contributed by atoms with Gasteiger partial charge in [0.2, 0.25) is 0 Å². The Balaban J connectivity index is 1.16. The molecule has 0 bridgehead atoms. The first kappa shape index (κ1) is 23.4. The van der Waals surface area contributed by atoms with Crippen LogP contribution < -0.4 is 4.90 Å². The normalized spacial score (nSPS) is 13.7. The molecule has 2 nitrogen and oxygen atoms in total. The molecule has 0 N–H and O–H groups in total. The van der Waals surface area contributed by atoms with Gasteiger partial charge in [0.25, 0.3) is 0 Å². The van der Waals surface area contributed by atoms with Crippen molar-refractivity contribution in [3.8, 4) is 44.5 Å². The van der Waals surface area contributed by atoms with Crippen molar-refractivity contribution in [1.82, 2.24) is 0 Å². The molecule has 0 fully saturated rings. The van der Waals surface area contributed by atoms with Gasteiger partial charge in [-0.3, -0.25) is 0 Å². The topological polar surface area (TPSA) is 16.4 Å². The summed E-state index contributed by atoms with van der Waals surface area (Å²) in [6.07, 6.45) is 0. The Labute approximate surface area is 327 Å². The summed E-state index contributed by atoms with van der Waals surface area (Å²) in [4.78, 5) is 2.22. The number of hydrogen-bond acceptors (Lipinski definition) is 2. The molecular formula is C52H35NO. The van der Waals surface area contributed by atoms with Gasteiger partial charge < -0.3 is 9.32 Å². The second-order valence-corrected chi connectivity index (χ2v) is 13.0. The molecule has 0 saturated carbocycles. The highest BCUT2D eigenvalue weighted by Gasteiger charge is 2.19. The highest BCUT2D eigenvalue weighted by molar-refractivity contribution is 6.22. The van der Waals surface area contributed by atoms with Gasteiger partial charge in [-0.05, 0) is 98.4 Å². The van der Waals surface area contributed by atoms with E-state index in [9.17, 15) is 2.74 Å². The molecule has 9 aromatic carbocycles. The van der Waals surface area contributed by atoms with Gasteiger partial charge in [-0.1, -0.05) is 164 Å². The fourth-order valence-corrected chi connectivity index (χ4v) is 7.31. The lowest BCUT2D eigenvalue weighted by Gasteiger charge is -2.26. The summed E-state index contributed by atoms with van der Waals surface area (Å²) < 4.78 is 84.9. The number of nitrogens with zero attached hydrogens (tertiary/aromatic N) is 1. The maximum Gasteiger partial charge on any atom is 0.143 e. The first-order chi connectivity index (χ1) is 30.5. The number of anilines is 3. The molecule has 0 unspecified atom stereocenters. The molecule has 10 rings (SSSR count). The molecule has 0 saturated heterocycles. The highest BCUT2D eigenvalue weighted by Crippen LogP contribution is 2.44. The van der Waals surface area contributed by atoms with Crippen LogP contribution in [0.2, 0.25) is 0 Å². The fourth-order valence-electron chi connectivity index (χ4n) is 7.31. The first-order valence-electron chi connectivity index (χ1n) is 22.2. The zero-order chi connectivity index (χ0) is 43.7. The molecule has 2 heteroatoms. The third-order valence-corrected chi connectivity index (χ3v) is 9.81. The quantitative estimate of drug-likeness (QED) is 0.165. The van der Waals surface area contributed by atoms with Crippen molar-refractivity contribution in [2.24, 2.45) is 0 Å². The smallest absolute Gasteiger partial charge is 0.143 e. The van der Waals surface area contributed by atoms with Gasteiger partial charge in [-0.15, -0.1) is 0 Å². The average molecular weight is 699 g/mol. The molecule has 0 aliphatic rings. The van der Waals surface area contributed by atoms with Crippen LogP contribution in [-0.2, 0) is 0 Å². The second kappa shape index (κ2) is 13.4. The number of rotatable bonds is 7. The summed E-state index contributed by atoms with van der Waals surface area (Å²) in [6.45, 7) is 0. The molecule has 10 aromatic rings. The molecule has 254 valence electrons. The van der Waals surface area contributed by atoms with Gasteiger partial charge in [0.1, 0.15) is 11.2 Å². The number of fused-ring (bicyclic) bond motifs is 5. The maximum atomic E-state index is 9.28. The Morgan fingerprint density at radius 3 is 1.74 bits per heavy atom. The third kappa shape index (κ3) is 5.62. The van der Waals surface area contributed by atoms with Gasteiger partial charge in [-0.2, -0.15) is 0 Å². The van der Waals surface area contributed by atoms with E-state index in [1.54, 1.807) is 12.1 Å². The van der Waals surface area contributed by atoms with E-state index >= 15 is 0 Å². The Morgan fingerprint density at radius 2 is 0.963 bits per heavy atom. The van der Waals surface area contributed by atoms with Crippen LogP contribution in [0.1, 0.15) is 12.3 Å². The second-order valence-electron chi connectivity index (χ2n) is 13.0. The van der Waals surface area contributed by atoms with Crippen LogP contribution in [0.25, 0.3) is 77.2 Å². The minimum absolute atomic E-state index is 0.00269. The van der Waals surface area contributed by atoms with Crippen molar-refractivity contribution in [3.05, 3.63) is 212 Å². The first-order valence-corrected chi connectivity index (χ1v) is 17.7. The van der Waals surface area contributed by atoms with Crippen molar-refractivity contribution in [2.75, 3.05) is 4.90 Å². The number of hydrogen-bond donors (Lipinski definition) is 0. The number of furan rings is 1. The minimum atomic E-state index is -0.625. The number of para-hydroxylation sites is 1. The van der Waals surface area contributed by atoms with Crippen molar-refractivity contribution in [1.29, 1.82) is 0 Å². The predicted octanol–water partition coefficient (Wildman–Crippen LogP) is 14.9. The van der Waals surface area contributed by atoms with Crippen molar-refractivity contribution < 1.29 is 16.8 Å². The monoisotopic (exact) mass is 698 g/mol. The molecule has 0 aliphatic carbocycles. The summed E-state index contributed by atoms with van der Waals surface area (Å²) in [7, 11) is 0. The van der Waals surface area contributed by atoms with E-state index in [1.165, 1.54) is 0 Å². The average Bonchev–Trinajstić information content (AvgIpc) is 3.71. The van der Waals surface area contributed by atoms with Gasteiger partial charge in [-0.25, -0.2) is 0 Å². The minimum Gasteiger partial charge on any atom is -0.455 e. The summed E-state index contributed by atoms with van der Waals surface area (Å²) in [6, 6.07) is 47.8. The zero-order valence-corrected chi connectivity index (χ0v) is 28.9. The Hall–Kier alpha value is -7.16. The third-order valence-electron chi connectivity index (χ3n) is 9.81. The zero-order valence-electron chi connectivity index (χ0n) is 37.9. The van der Waals surface area contributed by atoms with Crippen molar-refractivity contribution >= 4 is 49.8 Å². The van der Waals surface area contributed by atoms with E-state index < -0.39 is 54.4 Å². The van der Waals surface area contributed by atoms with Gasteiger partial charge >= 0.3 is 0 Å². The van der Waals surface area contributed by atoms with Gasteiger partial charge in [0.05, 0.1) is 12.3 Å². The molecule has 54 heavy (non-hydrogen) atoms.